The lowest BCUT2D eigenvalue weighted by molar-refractivity contribution is 0.197. The molecule has 1 fully saturated rings. The first kappa shape index (κ1) is 14.5. The number of hydrogen-bond donors (Lipinski definition) is 0. The van der Waals surface area contributed by atoms with Crippen molar-refractivity contribution in [2.75, 3.05) is 20.3 Å². The van der Waals surface area contributed by atoms with Gasteiger partial charge in [0.15, 0.2) is 0 Å². The van der Waals surface area contributed by atoms with Crippen LogP contribution in [-0.2, 0) is 14.8 Å². The Morgan fingerprint density at radius 2 is 2.05 bits per heavy atom. The standard InChI is InChI=1S/C14H21NO3S/c1-12(11-18-2)19(16,17)15-10-6-9-14(15)13-7-4-3-5-8-13/h3-5,7-8,12,14H,6,9-11H2,1-2H3/t12-,14-/m1/s1. The van der Waals surface area contributed by atoms with Gasteiger partial charge in [-0.25, -0.2) is 8.42 Å². The van der Waals surface area contributed by atoms with E-state index in [9.17, 15) is 8.42 Å². The molecule has 19 heavy (non-hydrogen) atoms. The Morgan fingerprint density at radius 3 is 2.68 bits per heavy atom. The number of ether oxygens (including phenoxy) is 1. The van der Waals surface area contributed by atoms with Crippen molar-refractivity contribution in [1.29, 1.82) is 0 Å². The second-order valence-electron chi connectivity index (χ2n) is 4.99. The summed E-state index contributed by atoms with van der Waals surface area (Å²) >= 11 is 0. The third-order valence-electron chi connectivity index (χ3n) is 3.62. The van der Waals surface area contributed by atoms with Crippen LogP contribution in [0.4, 0.5) is 0 Å². The summed E-state index contributed by atoms with van der Waals surface area (Å²) in [4.78, 5) is 0. The van der Waals surface area contributed by atoms with E-state index >= 15 is 0 Å². The molecule has 1 aliphatic heterocycles. The van der Waals surface area contributed by atoms with E-state index in [1.807, 2.05) is 30.3 Å². The second kappa shape index (κ2) is 6.03. The molecule has 2 rings (SSSR count). The molecule has 0 aliphatic carbocycles. The summed E-state index contributed by atoms with van der Waals surface area (Å²) in [5.41, 5.74) is 1.08. The SMILES string of the molecule is COC[C@@H](C)S(=O)(=O)N1CCC[C@@H]1c1ccccc1. The molecule has 1 aromatic rings. The number of sulfonamides is 1. The molecule has 0 saturated carbocycles. The van der Waals surface area contributed by atoms with Crippen LogP contribution in [0.25, 0.3) is 0 Å². The van der Waals surface area contributed by atoms with Gasteiger partial charge < -0.3 is 4.74 Å². The second-order valence-corrected chi connectivity index (χ2v) is 7.29. The summed E-state index contributed by atoms with van der Waals surface area (Å²) in [5, 5.41) is -0.498. The molecule has 5 heteroatoms. The summed E-state index contributed by atoms with van der Waals surface area (Å²) in [5.74, 6) is 0. The Bertz CT molecular complexity index is 501. The van der Waals surface area contributed by atoms with Crippen LogP contribution in [0.2, 0.25) is 0 Å². The van der Waals surface area contributed by atoms with Crippen LogP contribution >= 0.6 is 0 Å². The third kappa shape index (κ3) is 2.99. The maximum absolute atomic E-state index is 12.6. The minimum Gasteiger partial charge on any atom is -0.383 e. The average molecular weight is 283 g/mol. The fraction of sp³-hybridized carbons (Fsp3) is 0.571. The van der Waals surface area contributed by atoms with Crippen LogP contribution in [0.1, 0.15) is 31.4 Å². The van der Waals surface area contributed by atoms with Gasteiger partial charge in [-0.1, -0.05) is 30.3 Å². The highest BCUT2D eigenvalue weighted by atomic mass is 32.2. The minimum atomic E-state index is -3.29. The molecule has 1 heterocycles. The van der Waals surface area contributed by atoms with Gasteiger partial charge in [-0.05, 0) is 25.3 Å². The maximum atomic E-state index is 12.6. The lowest BCUT2D eigenvalue weighted by atomic mass is 10.1. The van der Waals surface area contributed by atoms with Crippen LogP contribution in [0.15, 0.2) is 30.3 Å². The van der Waals surface area contributed by atoms with Crippen LogP contribution in [0.3, 0.4) is 0 Å². The van der Waals surface area contributed by atoms with Crippen LogP contribution in [0, 0.1) is 0 Å². The molecule has 0 unspecified atom stereocenters. The zero-order valence-electron chi connectivity index (χ0n) is 11.5. The van der Waals surface area contributed by atoms with Crippen molar-refractivity contribution in [3.8, 4) is 0 Å². The smallest absolute Gasteiger partial charge is 0.219 e. The Balaban J connectivity index is 2.24. The summed E-state index contributed by atoms with van der Waals surface area (Å²) in [6.45, 7) is 2.55. The monoisotopic (exact) mass is 283 g/mol. The molecule has 2 atom stereocenters. The normalized spacial score (nSPS) is 22.5. The Hall–Kier alpha value is -0.910. The highest BCUT2D eigenvalue weighted by Crippen LogP contribution is 2.35. The van der Waals surface area contributed by atoms with Gasteiger partial charge in [-0.15, -0.1) is 0 Å². The average Bonchev–Trinajstić information content (AvgIpc) is 2.90. The maximum Gasteiger partial charge on any atom is 0.219 e. The molecule has 4 nitrogen and oxygen atoms in total. The van der Waals surface area contributed by atoms with E-state index in [-0.39, 0.29) is 12.6 Å². The zero-order valence-corrected chi connectivity index (χ0v) is 12.3. The molecule has 0 N–H and O–H groups in total. The van der Waals surface area contributed by atoms with Crippen molar-refractivity contribution >= 4 is 10.0 Å². The molecule has 1 aliphatic rings. The number of methoxy groups -OCH3 is 1. The van der Waals surface area contributed by atoms with Crippen LogP contribution in [0.5, 0.6) is 0 Å². The van der Waals surface area contributed by atoms with Gasteiger partial charge in [0.05, 0.1) is 11.9 Å². The van der Waals surface area contributed by atoms with Gasteiger partial charge in [0.2, 0.25) is 10.0 Å². The molecule has 1 saturated heterocycles. The Morgan fingerprint density at radius 1 is 1.37 bits per heavy atom. The molecule has 0 spiro atoms. The first-order chi connectivity index (χ1) is 9.07. The number of nitrogens with zero attached hydrogens (tertiary/aromatic N) is 1. The predicted molar refractivity (Wildman–Crippen MR) is 75.4 cm³/mol. The number of benzene rings is 1. The third-order valence-corrected chi connectivity index (χ3v) is 5.87. The molecular formula is C14H21NO3S. The molecule has 0 bridgehead atoms. The quantitative estimate of drug-likeness (QED) is 0.832. The van der Waals surface area contributed by atoms with Crippen LogP contribution in [-0.4, -0.2) is 38.2 Å². The molecule has 1 aromatic carbocycles. The lowest BCUT2D eigenvalue weighted by Crippen LogP contribution is -2.39. The van der Waals surface area contributed by atoms with Crippen molar-refractivity contribution in [2.45, 2.75) is 31.1 Å². The number of hydrogen-bond acceptors (Lipinski definition) is 3. The molecule has 106 valence electrons. The lowest BCUT2D eigenvalue weighted by Gasteiger charge is -2.27. The van der Waals surface area contributed by atoms with E-state index < -0.39 is 15.3 Å². The van der Waals surface area contributed by atoms with Gasteiger partial charge >= 0.3 is 0 Å². The van der Waals surface area contributed by atoms with Crippen molar-refractivity contribution < 1.29 is 13.2 Å². The molecule has 0 radical (unpaired) electrons. The van der Waals surface area contributed by atoms with Gasteiger partial charge in [-0.3, -0.25) is 0 Å². The van der Waals surface area contributed by atoms with E-state index in [2.05, 4.69) is 0 Å². The summed E-state index contributed by atoms with van der Waals surface area (Å²) in [6.07, 6.45) is 1.81. The van der Waals surface area contributed by atoms with Gasteiger partial charge in [0, 0.05) is 19.7 Å². The van der Waals surface area contributed by atoms with Gasteiger partial charge in [-0.2, -0.15) is 4.31 Å². The van der Waals surface area contributed by atoms with E-state index in [1.54, 1.807) is 11.2 Å². The highest BCUT2D eigenvalue weighted by molar-refractivity contribution is 7.89. The summed E-state index contributed by atoms with van der Waals surface area (Å²) in [7, 11) is -1.76. The zero-order chi connectivity index (χ0) is 13.9. The van der Waals surface area contributed by atoms with E-state index in [0.717, 1.165) is 18.4 Å². The van der Waals surface area contributed by atoms with Crippen molar-refractivity contribution in [3.63, 3.8) is 0 Å². The topological polar surface area (TPSA) is 46.6 Å². The molecule has 0 aromatic heterocycles. The molecule has 0 amide bonds. The predicted octanol–water partition coefficient (Wildman–Crippen LogP) is 2.19. The minimum absolute atomic E-state index is 0.0227. The first-order valence-corrected chi connectivity index (χ1v) is 8.12. The van der Waals surface area contributed by atoms with Crippen molar-refractivity contribution in [3.05, 3.63) is 35.9 Å². The first-order valence-electron chi connectivity index (χ1n) is 6.62. The van der Waals surface area contributed by atoms with Gasteiger partial charge in [0.25, 0.3) is 0 Å². The van der Waals surface area contributed by atoms with E-state index in [1.165, 1.54) is 7.11 Å². The number of rotatable bonds is 5. The van der Waals surface area contributed by atoms with E-state index in [4.69, 9.17) is 4.74 Å². The van der Waals surface area contributed by atoms with Crippen molar-refractivity contribution in [2.24, 2.45) is 0 Å². The Kier molecular flexibility index (Phi) is 4.60. The summed E-state index contributed by atoms with van der Waals surface area (Å²) < 4.78 is 31.7. The largest absolute Gasteiger partial charge is 0.383 e. The van der Waals surface area contributed by atoms with E-state index in [0.29, 0.717) is 6.54 Å². The molecular weight excluding hydrogens is 262 g/mol. The fourth-order valence-electron chi connectivity index (χ4n) is 2.60. The highest BCUT2D eigenvalue weighted by Gasteiger charge is 2.37. The summed E-state index contributed by atoms with van der Waals surface area (Å²) in [6, 6.07) is 9.84. The fourth-order valence-corrected chi connectivity index (χ4v) is 4.34. The van der Waals surface area contributed by atoms with Gasteiger partial charge in [0.1, 0.15) is 0 Å². The van der Waals surface area contributed by atoms with Crippen molar-refractivity contribution in [1.82, 2.24) is 4.31 Å². The van der Waals surface area contributed by atoms with Crippen LogP contribution < -0.4 is 0 Å². The Labute approximate surface area is 115 Å².